The molecule has 140 valence electrons. The van der Waals surface area contributed by atoms with Crippen molar-refractivity contribution in [1.29, 1.82) is 0 Å². The molecule has 1 aliphatic heterocycles. The second kappa shape index (κ2) is 8.70. The average molecular weight is 379 g/mol. The Bertz CT molecular complexity index is 741. The van der Waals surface area contributed by atoms with Crippen LogP contribution in [0.5, 0.6) is 0 Å². The maximum absolute atomic E-state index is 14.1. The summed E-state index contributed by atoms with van der Waals surface area (Å²) >= 11 is 4.93. The molecule has 0 spiro atoms. The fraction of sp³-hybridized carbons (Fsp3) is 0.412. The lowest BCUT2D eigenvalue weighted by Gasteiger charge is -2.32. The number of rotatable bonds is 3. The third-order valence-electron chi connectivity index (χ3n) is 4.24. The zero-order chi connectivity index (χ0) is 19.3. The Kier molecular flexibility index (Phi) is 6.62. The van der Waals surface area contributed by atoms with E-state index in [1.807, 2.05) is 0 Å². The molecular formula is C17H22FN5O2S. The van der Waals surface area contributed by atoms with Gasteiger partial charge in [0.15, 0.2) is 0 Å². The first-order valence-corrected chi connectivity index (χ1v) is 8.66. The van der Waals surface area contributed by atoms with Crippen LogP contribution in [0.25, 0.3) is 0 Å². The number of nitrogens with two attached hydrogens (primary N) is 2. The maximum Gasteiger partial charge on any atom is 0.323 e. The Morgan fingerprint density at radius 3 is 2.54 bits per heavy atom. The van der Waals surface area contributed by atoms with E-state index in [9.17, 15) is 14.0 Å². The highest BCUT2D eigenvalue weighted by atomic mass is 32.1. The molecule has 1 heterocycles. The molecule has 1 saturated heterocycles. The van der Waals surface area contributed by atoms with Gasteiger partial charge in [-0.2, -0.15) is 0 Å². The SMILES string of the molecule is CC(N)=NC(=S)NC(=O)N1CCC(Cc2ccc(C(N)=O)cc2F)CC1. The summed E-state index contributed by atoms with van der Waals surface area (Å²) in [5.74, 6) is -0.550. The van der Waals surface area contributed by atoms with Crippen molar-refractivity contribution >= 4 is 35.1 Å². The van der Waals surface area contributed by atoms with Crippen molar-refractivity contribution < 1.29 is 14.0 Å². The van der Waals surface area contributed by atoms with Crippen LogP contribution in [0.1, 0.15) is 35.7 Å². The second-order valence-electron chi connectivity index (χ2n) is 6.29. The highest BCUT2D eigenvalue weighted by molar-refractivity contribution is 7.80. The first kappa shape index (κ1) is 19.8. The van der Waals surface area contributed by atoms with Crippen molar-refractivity contribution in [2.75, 3.05) is 13.1 Å². The van der Waals surface area contributed by atoms with Crippen molar-refractivity contribution in [3.8, 4) is 0 Å². The van der Waals surface area contributed by atoms with E-state index in [0.717, 1.165) is 12.8 Å². The number of hydrogen-bond donors (Lipinski definition) is 3. The number of amides is 3. The van der Waals surface area contributed by atoms with Gasteiger partial charge in [-0.25, -0.2) is 14.2 Å². The predicted molar refractivity (Wildman–Crippen MR) is 101 cm³/mol. The summed E-state index contributed by atoms with van der Waals surface area (Å²) in [5, 5.41) is 2.55. The van der Waals surface area contributed by atoms with E-state index in [1.54, 1.807) is 17.9 Å². The number of benzene rings is 1. The molecule has 0 aliphatic carbocycles. The number of urea groups is 1. The van der Waals surface area contributed by atoms with Crippen molar-refractivity contribution in [1.82, 2.24) is 10.2 Å². The number of carbonyl (C=O) groups is 2. The van der Waals surface area contributed by atoms with E-state index in [-0.39, 0.29) is 28.5 Å². The fourth-order valence-corrected chi connectivity index (χ4v) is 3.11. The zero-order valence-electron chi connectivity index (χ0n) is 14.5. The summed E-state index contributed by atoms with van der Waals surface area (Å²) in [6.45, 7) is 2.68. The number of halogens is 1. The van der Waals surface area contributed by atoms with Crippen LogP contribution in [0.4, 0.5) is 9.18 Å². The molecule has 0 aromatic heterocycles. The van der Waals surface area contributed by atoms with Gasteiger partial charge in [0.1, 0.15) is 5.82 Å². The summed E-state index contributed by atoms with van der Waals surface area (Å²) in [4.78, 5) is 28.7. The smallest absolute Gasteiger partial charge is 0.323 e. The Morgan fingerprint density at radius 1 is 1.35 bits per heavy atom. The number of primary amides is 1. The monoisotopic (exact) mass is 379 g/mol. The molecule has 26 heavy (non-hydrogen) atoms. The van der Waals surface area contributed by atoms with Gasteiger partial charge in [-0.15, -0.1) is 0 Å². The number of nitrogens with zero attached hydrogens (tertiary/aromatic N) is 2. The maximum atomic E-state index is 14.1. The molecule has 2 rings (SSSR count). The van der Waals surface area contributed by atoms with Gasteiger partial charge in [0.05, 0.1) is 5.84 Å². The van der Waals surface area contributed by atoms with Crippen LogP contribution in [0, 0.1) is 11.7 Å². The van der Waals surface area contributed by atoms with Crippen LogP contribution in [-0.4, -0.2) is 40.9 Å². The summed E-state index contributed by atoms with van der Waals surface area (Å²) in [6, 6.07) is 3.99. The quantitative estimate of drug-likeness (QED) is 0.420. The molecule has 0 unspecified atom stereocenters. The molecule has 0 bridgehead atoms. The van der Waals surface area contributed by atoms with E-state index >= 15 is 0 Å². The molecule has 0 atom stereocenters. The van der Waals surface area contributed by atoms with Crippen molar-refractivity contribution in [3.05, 3.63) is 35.1 Å². The van der Waals surface area contributed by atoms with E-state index in [0.29, 0.717) is 25.1 Å². The number of nitrogens with one attached hydrogen (secondary N) is 1. The summed E-state index contributed by atoms with van der Waals surface area (Å²) < 4.78 is 14.1. The molecule has 0 saturated carbocycles. The van der Waals surface area contributed by atoms with Crippen LogP contribution in [-0.2, 0) is 6.42 Å². The van der Waals surface area contributed by atoms with Gasteiger partial charge < -0.3 is 16.4 Å². The van der Waals surface area contributed by atoms with Gasteiger partial charge in [0, 0.05) is 18.7 Å². The third kappa shape index (κ3) is 5.48. The number of aliphatic imine (C=N–C) groups is 1. The first-order valence-electron chi connectivity index (χ1n) is 8.25. The van der Waals surface area contributed by atoms with E-state index in [4.69, 9.17) is 23.7 Å². The summed E-state index contributed by atoms with van der Waals surface area (Å²) in [5.41, 5.74) is 11.3. The van der Waals surface area contributed by atoms with Gasteiger partial charge in [-0.3, -0.25) is 10.1 Å². The lowest BCUT2D eigenvalue weighted by Crippen LogP contribution is -2.46. The minimum atomic E-state index is -0.651. The third-order valence-corrected chi connectivity index (χ3v) is 4.43. The molecule has 9 heteroatoms. The van der Waals surface area contributed by atoms with Gasteiger partial charge in [-0.1, -0.05) is 6.07 Å². The highest BCUT2D eigenvalue weighted by Gasteiger charge is 2.24. The molecule has 7 nitrogen and oxygen atoms in total. The number of thiocarbonyl (C=S) groups is 1. The van der Waals surface area contributed by atoms with Gasteiger partial charge in [-0.05, 0) is 62.0 Å². The summed E-state index contributed by atoms with van der Waals surface area (Å²) in [6.07, 6.45) is 2.04. The number of piperidine rings is 1. The average Bonchev–Trinajstić information content (AvgIpc) is 2.56. The van der Waals surface area contributed by atoms with Crippen LogP contribution >= 0.6 is 12.2 Å². The van der Waals surface area contributed by atoms with Crippen LogP contribution in [0.15, 0.2) is 23.2 Å². The largest absolute Gasteiger partial charge is 0.387 e. The first-order chi connectivity index (χ1) is 12.3. The minimum absolute atomic E-state index is 0.0359. The summed E-state index contributed by atoms with van der Waals surface area (Å²) in [7, 11) is 0. The number of amidine groups is 1. The van der Waals surface area contributed by atoms with Crippen molar-refractivity contribution in [2.45, 2.75) is 26.2 Å². The lowest BCUT2D eigenvalue weighted by molar-refractivity contribution is 0.1000. The van der Waals surface area contributed by atoms with Crippen LogP contribution in [0.3, 0.4) is 0 Å². The zero-order valence-corrected chi connectivity index (χ0v) is 15.3. The van der Waals surface area contributed by atoms with Gasteiger partial charge in [0.2, 0.25) is 11.0 Å². The Labute approximate surface area is 156 Å². The van der Waals surface area contributed by atoms with Gasteiger partial charge in [0.25, 0.3) is 0 Å². The van der Waals surface area contributed by atoms with E-state index in [2.05, 4.69) is 10.3 Å². The van der Waals surface area contributed by atoms with Gasteiger partial charge >= 0.3 is 6.03 Å². The Hall–Kier alpha value is -2.55. The number of carbonyl (C=O) groups excluding carboxylic acids is 2. The van der Waals surface area contributed by atoms with Crippen molar-refractivity contribution in [2.24, 2.45) is 22.4 Å². The normalized spacial score (nSPS) is 15.6. The molecule has 3 amide bonds. The molecule has 1 aromatic rings. The number of likely N-dealkylation sites (tertiary alicyclic amines) is 1. The van der Waals surface area contributed by atoms with Crippen molar-refractivity contribution in [3.63, 3.8) is 0 Å². The number of hydrogen-bond acceptors (Lipinski definition) is 3. The minimum Gasteiger partial charge on any atom is -0.387 e. The standard InChI is InChI=1S/C17H22FN5O2S/c1-10(19)21-16(26)22-17(25)23-6-4-11(5-7-23)8-12-2-3-13(15(20)24)9-14(12)18/h2-3,9,11H,4-8H2,1H3,(H2,20,24)(H3,19,21,22,25,26). The molecule has 0 radical (unpaired) electrons. The van der Waals surface area contributed by atoms with E-state index < -0.39 is 11.7 Å². The van der Waals surface area contributed by atoms with Crippen LogP contribution in [0.2, 0.25) is 0 Å². The molecule has 5 N–H and O–H groups in total. The fourth-order valence-electron chi connectivity index (χ4n) is 2.88. The second-order valence-corrected chi connectivity index (χ2v) is 6.68. The molecule has 1 aliphatic rings. The Balaban J connectivity index is 1.87. The molecule has 1 fully saturated rings. The highest BCUT2D eigenvalue weighted by Crippen LogP contribution is 2.23. The lowest BCUT2D eigenvalue weighted by atomic mass is 9.89. The predicted octanol–water partition coefficient (Wildman–Crippen LogP) is 1.55. The molecular weight excluding hydrogens is 357 g/mol. The topological polar surface area (TPSA) is 114 Å². The molecule has 1 aromatic carbocycles. The Morgan fingerprint density at radius 2 is 2.00 bits per heavy atom. The van der Waals surface area contributed by atoms with Crippen LogP contribution < -0.4 is 16.8 Å². The van der Waals surface area contributed by atoms with E-state index in [1.165, 1.54) is 12.1 Å².